The summed E-state index contributed by atoms with van der Waals surface area (Å²) in [4.78, 5) is 15.3. The van der Waals surface area contributed by atoms with Gasteiger partial charge in [-0.05, 0) is 41.8 Å². The summed E-state index contributed by atoms with van der Waals surface area (Å²) in [5.74, 6) is 0.370. The molecule has 0 bridgehead atoms. The fourth-order valence-electron chi connectivity index (χ4n) is 2.04. The molecule has 0 aliphatic rings. The van der Waals surface area contributed by atoms with Crippen LogP contribution in [-0.2, 0) is 4.79 Å². The molecule has 0 aliphatic heterocycles. The Balaban J connectivity index is 2.57. The Hall–Kier alpha value is -2.13. The molecule has 3 nitrogen and oxygen atoms in total. The summed E-state index contributed by atoms with van der Waals surface area (Å²) in [6.45, 7) is 7.25. The van der Waals surface area contributed by atoms with Gasteiger partial charge in [0.2, 0.25) is 5.91 Å². The molecule has 0 fully saturated rings. The average Bonchev–Trinajstić information content (AvgIpc) is 2.38. The molecule has 0 atom stereocenters. The van der Waals surface area contributed by atoms with Crippen molar-refractivity contribution < 1.29 is 4.79 Å². The summed E-state index contributed by atoms with van der Waals surface area (Å²) >= 11 is 5.99. The Kier molecular flexibility index (Phi) is 4.20. The number of pyridine rings is 1. The number of rotatable bonds is 3. The van der Waals surface area contributed by atoms with Gasteiger partial charge >= 0.3 is 0 Å². The van der Waals surface area contributed by atoms with E-state index in [0.717, 1.165) is 22.3 Å². The van der Waals surface area contributed by atoms with E-state index >= 15 is 0 Å². The monoisotopic (exact) mass is 286 g/mol. The van der Waals surface area contributed by atoms with Gasteiger partial charge in [-0.3, -0.25) is 4.79 Å². The molecule has 20 heavy (non-hydrogen) atoms. The van der Waals surface area contributed by atoms with E-state index in [1.807, 2.05) is 31.2 Å². The third kappa shape index (κ3) is 3.06. The Morgan fingerprint density at radius 3 is 2.70 bits per heavy atom. The van der Waals surface area contributed by atoms with Gasteiger partial charge in [0.15, 0.2) is 0 Å². The summed E-state index contributed by atoms with van der Waals surface area (Å²) in [5, 5.41) is 3.38. The maximum Gasteiger partial charge on any atom is 0.222 e. The minimum absolute atomic E-state index is 0.150. The molecular formula is C16H15ClN2O. The van der Waals surface area contributed by atoms with Gasteiger partial charge in [0.05, 0.1) is 0 Å². The van der Waals surface area contributed by atoms with Gasteiger partial charge < -0.3 is 5.32 Å². The number of anilines is 1. The van der Waals surface area contributed by atoms with Crippen molar-refractivity contribution in [3.63, 3.8) is 0 Å². The maximum atomic E-state index is 11.1. The molecule has 102 valence electrons. The highest BCUT2D eigenvalue weighted by Crippen LogP contribution is 2.30. The fraction of sp³-hybridized carbons (Fsp3) is 0.125. The zero-order chi connectivity index (χ0) is 14.7. The van der Waals surface area contributed by atoms with Crippen LogP contribution in [0.1, 0.15) is 18.1 Å². The number of nitrogens with zero attached hydrogens (tertiary/aromatic N) is 1. The topological polar surface area (TPSA) is 42.0 Å². The number of amides is 1. The Bertz CT molecular complexity index is 680. The SMILES string of the molecule is C=Cc1cnc(NC(C)=O)cc1-c1ccc(Cl)cc1C. The second-order valence-corrected chi connectivity index (χ2v) is 4.94. The number of hydrogen-bond donors (Lipinski definition) is 1. The number of carbonyl (C=O) groups excluding carboxylic acids is 1. The quantitative estimate of drug-likeness (QED) is 0.913. The summed E-state index contributed by atoms with van der Waals surface area (Å²) in [7, 11) is 0. The molecule has 1 aromatic carbocycles. The number of nitrogens with one attached hydrogen (secondary N) is 1. The lowest BCUT2D eigenvalue weighted by Crippen LogP contribution is -2.07. The van der Waals surface area contributed by atoms with Crippen molar-refractivity contribution in [2.45, 2.75) is 13.8 Å². The van der Waals surface area contributed by atoms with Crippen LogP contribution >= 0.6 is 11.6 Å². The minimum Gasteiger partial charge on any atom is -0.311 e. The van der Waals surface area contributed by atoms with Crippen LogP contribution < -0.4 is 5.32 Å². The molecule has 2 rings (SSSR count). The van der Waals surface area contributed by atoms with Crippen molar-refractivity contribution in [2.24, 2.45) is 0 Å². The second kappa shape index (κ2) is 5.88. The largest absolute Gasteiger partial charge is 0.311 e. The van der Waals surface area contributed by atoms with Crippen molar-refractivity contribution in [1.29, 1.82) is 0 Å². The standard InChI is InChI=1S/C16H15ClN2O/c1-4-12-9-18-16(19-11(3)20)8-15(12)14-6-5-13(17)7-10(14)2/h4-9H,1H2,2-3H3,(H,18,19,20). The molecule has 1 N–H and O–H groups in total. The van der Waals surface area contributed by atoms with Crippen LogP contribution in [0.25, 0.3) is 17.2 Å². The molecule has 0 saturated heterocycles. The summed E-state index contributed by atoms with van der Waals surface area (Å²) < 4.78 is 0. The Morgan fingerprint density at radius 1 is 1.35 bits per heavy atom. The van der Waals surface area contributed by atoms with Gasteiger partial charge in [0.25, 0.3) is 0 Å². The van der Waals surface area contributed by atoms with Crippen LogP contribution in [0.3, 0.4) is 0 Å². The van der Waals surface area contributed by atoms with E-state index in [1.54, 1.807) is 12.3 Å². The second-order valence-electron chi connectivity index (χ2n) is 4.50. The Labute approximate surface area is 123 Å². The van der Waals surface area contributed by atoms with Crippen LogP contribution in [0, 0.1) is 6.92 Å². The molecule has 0 unspecified atom stereocenters. The van der Waals surface area contributed by atoms with Gasteiger partial charge in [-0.1, -0.05) is 30.3 Å². The molecule has 0 radical (unpaired) electrons. The van der Waals surface area contributed by atoms with Crippen molar-refractivity contribution in [3.05, 3.63) is 53.2 Å². The van der Waals surface area contributed by atoms with Crippen LogP contribution in [-0.4, -0.2) is 10.9 Å². The fourth-order valence-corrected chi connectivity index (χ4v) is 2.27. The highest BCUT2D eigenvalue weighted by molar-refractivity contribution is 6.30. The van der Waals surface area contributed by atoms with E-state index in [9.17, 15) is 4.79 Å². The lowest BCUT2D eigenvalue weighted by molar-refractivity contribution is -0.114. The average molecular weight is 287 g/mol. The lowest BCUT2D eigenvalue weighted by atomic mass is 9.97. The predicted molar refractivity (Wildman–Crippen MR) is 83.8 cm³/mol. The first-order valence-corrected chi connectivity index (χ1v) is 6.55. The van der Waals surface area contributed by atoms with Crippen LogP contribution in [0.4, 0.5) is 5.82 Å². The predicted octanol–water partition coefficient (Wildman–Crippen LogP) is 4.31. The summed E-state index contributed by atoms with van der Waals surface area (Å²) in [5.41, 5.74) is 3.97. The van der Waals surface area contributed by atoms with Crippen molar-refractivity contribution in [2.75, 3.05) is 5.32 Å². The first kappa shape index (κ1) is 14.3. The first-order valence-electron chi connectivity index (χ1n) is 6.18. The smallest absolute Gasteiger partial charge is 0.222 e. The number of aryl methyl sites for hydroxylation is 1. The normalized spacial score (nSPS) is 10.2. The molecule has 4 heteroatoms. The zero-order valence-corrected chi connectivity index (χ0v) is 12.2. The molecular weight excluding hydrogens is 272 g/mol. The number of halogens is 1. The minimum atomic E-state index is -0.150. The lowest BCUT2D eigenvalue weighted by Gasteiger charge is -2.12. The molecule has 1 aromatic heterocycles. The van der Waals surface area contributed by atoms with E-state index in [-0.39, 0.29) is 5.91 Å². The third-order valence-corrected chi connectivity index (χ3v) is 3.17. The number of hydrogen-bond acceptors (Lipinski definition) is 2. The zero-order valence-electron chi connectivity index (χ0n) is 11.4. The summed E-state index contributed by atoms with van der Waals surface area (Å²) in [6, 6.07) is 7.55. The van der Waals surface area contributed by atoms with Gasteiger partial charge in [-0.25, -0.2) is 4.98 Å². The van der Waals surface area contributed by atoms with E-state index in [2.05, 4.69) is 16.9 Å². The molecule has 0 saturated carbocycles. The number of benzene rings is 1. The Morgan fingerprint density at radius 2 is 2.10 bits per heavy atom. The summed E-state index contributed by atoms with van der Waals surface area (Å²) in [6.07, 6.45) is 3.44. The highest BCUT2D eigenvalue weighted by Gasteiger charge is 2.09. The number of aromatic nitrogens is 1. The van der Waals surface area contributed by atoms with Crippen molar-refractivity contribution in [3.8, 4) is 11.1 Å². The van der Waals surface area contributed by atoms with Crippen LogP contribution in [0.5, 0.6) is 0 Å². The number of carbonyl (C=O) groups is 1. The van der Waals surface area contributed by atoms with E-state index in [4.69, 9.17) is 11.6 Å². The van der Waals surface area contributed by atoms with Gasteiger partial charge in [-0.2, -0.15) is 0 Å². The van der Waals surface area contributed by atoms with Gasteiger partial charge in [0, 0.05) is 23.7 Å². The van der Waals surface area contributed by atoms with Crippen LogP contribution in [0.15, 0.2) is 37.0 Å². The third-order valence-electron chi connectivity index (χ3n) is 2.94. The molecule has 1 amide bonds. The van der Waals surface area contributed by atoms with Crippen molar-refractivity contribution >= 4 is 29.4 Å². The van der Waals surface area contributed by atoms with Gasteiger partial charge in [0.1, 0.15) is 5.82 Å². The van der Waals surface area contributed by atoms with E-state index in [1.165, 1.54) is 6.92 Å². The molecule has 2 aromatic rings. The van der Waals surface area contributed by atoms with E-state index in [0.29, 0.717) is 10.8 Å². The van der Waals surface area contributed by atoms with Crippen LogP contribution in [0.2, 0.25) is 5.02 Å². The van der Waals surface area contributed by atoms with Gasteiger partial charge in [-0.15, -0.1) is 0 Å². The molecule has 0 spiro atoms. The maximum absolute atomic E-state index is 11.1. The van der Waals surface area contributed by atoms with Crippen molar-refractivity contribution in [1.82, 2.24) is 4.98 Å². The van der Waals surface area contributed by atoms with E-state index < -0.39 is 0 Å². The molecule has 1 heterocycles. The molecule has 0 aliphatic carbocycles. The first-order chi connectivity index (χ1) is 9.51. The highest BCUT2D eigenvalue weighted by atomic mass is 35.5.